The Bertz CT molecular complexity index is 373. The van der Waals surface area contributed by atoms with Gasteiger partial charge in [-0.2, -0.15) is 0 Å². The number of rotatable bonds is 2. The molecule has 66 valence electrons. The summed E-state index contributed by atoms with van der Waals surface area (Å²) in [5.41, 5.74) is 0.650. The number of benzene rings is 1. The van der Waals surface area contributed by atoms with E-state index in [0.717, 1.165) is 4.90 Å². The lowest BCUT2D eigenvalue weighted by atomic mass is 10.2. The largest absolute Gasteiger partial charge is 0.236 e. The van der Waals surface area contributed by atoms with E-state index in [2.05, 4.69) is 12.6 Å². The fourth-order valence-corrected chi connectivity index (χ4v) is 2.05. The molecule has 0 bridgehead atoms. The van der Waals surface area contributed by atoms with Gasteiger partial charge in [0.05, 0.1) is 5.75 Å². The normalized spacial score (nSPS) is 11.5. The third-order valence-corrected chi connectivity index (χ3v) is 2.53. The Morgan fingerprint density at radius 1 is 1.42 bits per heavy atom. The van der Waals surface area contributed by atoms with Gasteiger partial charge in [-0.25, -0.2) is 8.42 Å². The van der Waals surface area contributed by atoms with Crippen LogP contribution in [0.15, 0.2) is 29.2 Å². The van der Waals surface area contributed by atoms with Crippen molar-refractivity contribution in [1.82, 2.24) is 0 Å². The average molecular weight is 223 g/mol. The zero-order chi connectivity index (χ0) is 9.19. The molecule has 0 atom stereocenters. The second-order valence-electron chi connectivity index (χ2n) is 2.35. The molecule has 1 aromatic rings. The predicted molar refractivity (Wildman–Crippen MR) is 52.2 cm³/mol. The predicted octanol–water partition coefficient (Wildman–Crippen LogP) is 2.04. The maximum Gasteiger partial charge on any atom is 0.236 e. The summed E-state index contributed by atoms with van der Waals surface area (Å²) >= 11 is 4.07. The van der Waals surface area contributed by atoms with Crippen molar-refractivity contribution in [3.63, 3.8) is 0 Å². The Morgan fingerprint density at radius 2 is 2.08 bits per heavy atom. The third kappa shape index (κ3) is 3.47. The van der Waals surface area contributed by atoms with E-state index in [1.165, 1.54) is 0 Å². The summed E-state index contributed by atoms with van der Waals surface area (Å²) in [5, 5.41) is 0. The van der Waals surface area contributed by atoms with E-state index in [4.69, 9.17) is 10.7 Å². The van der Waals surface area contributed by atoms with Crippen molar-refractivity contribution in [3.8, 4) is 0 Å². The zero-order valence-electron chi connectivity index (χ0n) is 6.07. The maximum atomic E-state index is 10.7. The molecule has 1 aromatic carbocycles. The van der Waals surface area contributed by atoms with Crippen LogP contribution in [0.1, 0.15) is 5.56 Å². The van der Waals surface area contributed by atoms with Gasteiger partial charge in [0.2, 0.25) is 9.05 Å². The highest BCUT2D eigenvalue weighted by atomic mass is 35.7. The summed E-state index contributed by atoms with van der Waals surface area (Å²) in [6.07, 6.45) is 0. The van der Waals surface area contributed by atoms with E-state index >= 15 is 0 Å². The summed E-state index contributed by atoms with van der Waals surface area (Å²) < 4.78 is 21.3. The molecule has 0 saturated heterocycles. The number of thiol groups is 1. The second kappa shape index (κ2) is 3.68. The van der Waals surface area contributed by atoms with Gasteiger partial charge in [-0.05, 0) is 17.7 Å². The van der Waals surface area contributed by atoms with Crippen LogP contribution in [0.3, 0.4) is 0 Å². The summed E-state index contributed by atoms with van der Waals surface area (Å²) in [5.74, 6) is -0.150. The van der Waals surface area contributed by atoms with E-state index in [0.29, 0.717) is 5.56 Å². The molecule has 1 rings (SSSR count). The van der Waals surface area contributed by atoms with Crippen LogP contribution in [0.25, 0.3) is 0 Å². The lowest BCUT2D eigenvalue weighted by Crippen LogP contribution is -1.94. The van der Waals surface area contributed by atoms with Gasteiger partial charge in [0.1, 0.15) is 0 Å². The van der Waals surface area contributed by atoms with E-state index in [1.54, 1.807) is 24.3 Å². The molecule has 0 radical (unpaired) electrons. The first kappa shape index (κ1) is 9.89. The fraction of sp³-hybridized carbons (Fsp3) is 0.143. The Kier molecular flexibility index (Phi) is 3.04. The van der Waals surface area contributed by atoms with E-state index in [9.17, 15) is 8.42 Å². The molecule has 0 saturated carbocycles. The average Bonchev–Trinajstić information content (AvgIpc) is 1.82. The smallest absolute Gasteiger partial charge is 0.212 e. The first-order valence-electron chi connectivity index (χ1n) is 3.17. The Morgan fingerprint density at radius 3 is 2.58 bits per heavy atom. The van der Waals surface area contributed by atoms with E-state index in [-0.39, 0.29) is 5.75 Å². The molecule has 0 aromatic heterocycles. The van der Waals surface area contributed by atoms with Gasteiger partial charge in [-0.1, -0.05) is 12.1 Å². The third-order valence-electron chi connectivity index (χ3n) is 1.25. The summed E-state index contributed by atoms with van der Waals surface area (Å²) in [7, 11) is 1.61. The molecule has 0 aliphatic carbocycles. The quantitative estimate of drug-likeness (QED) is 0.614. The second-order valence-corrected chi connectivity index (χ2v) is 5.65. The van der Waals surface area contributed by atoms with Crippen LogP contribution in [0, 0.1) is 0 Å². The highest BCUT2D eigenvalue weighted by Crippen LogP contribution is 2.13. The SMILES string of the molecule is O=S(=O)(Cl)Cc1cccc(S)c1. The molecule has 12 heavy (non-hydrogen) atoms. The topological polar surface area (TPSA) is 34.1 Å². The number of hydrogen-bond donors (Lipinski definition) is 1. The van der Waals surface area contributed by atoms with Gasteiger partial charge in [-0.3, -0.25) is 0 Å². The van der Waals surface area contributed by atoms with Gasteiger partial charge >= 0.3 is 0 Å². The van der Waals surface area contributed by atoms with Crippen molar-refractivity contribution in [2.45, 2.75) is 10.6 Å². The lowest BCUT2D eigenvalue weighted by molar-refractivity contribution is 0.609. The molecule has 2 nitrogen and oxygen atoms in total. The lowest BCUT2D eigenvalue weighted by Gasteiger charge is -1.97. The van der Waals surface area contributed by atoms with Gasteiger partial charge in [0.15, 0.2) is 0 Å². The number of hydrogen-bond acceptors (Lipinski definition) is 3. The summed E-state index contributed by atoms with van der Waals surface area (Å²) in [6.45, 7) is 0. The van der Waals surface area contributed by atoms with Crippen LogP contribution < -0.4 is 0 Å². The van der Waals surface area contributed by atoms with Crippen molar-refractivity contribution in [2.24, 2.45) is 0 Å². The van der Waals surface area contributed by atoms with Gasteiger partial charge < -0.3 is 0 Å². The fourth-order valence-electron chi connectivity index (χ4n) is 0.845. The Labute approximate surface area is 81.4 Å². The van der Waals surface area contributed by atoms with Crippen molar-refractivity contribution < 1.29 is 8.42 Å². The van der Waals surface area contributed by atoms with E-state index < -0.39 is 9.05 Å². The molecular formula is C7H7ClO2S2. The molecule has 0 aliphatic rings. The molecule has 0 unspecified atom stereocenters. The highest BCUT2D eigenvalue weighted by molar-refractivity contribution is 8.13. The summed E-state index contributed by atoms with van der Waals surface area (Å²) in [6, 6.07) is 6.87. The number of halogens is 1. The molecule has 0 aliphatic heterocycles. The van der Waals surface area contributed by atoms with Crippen LogP contribution in [-0.2, 0) is 14.8 Å². The monoisotopic (exact) mass is 222 g/mol. The van der Waals surface area contributed by atoms with Crippen LogP contribution >= 0.6 is 23.3 Å². The molecular weight excluding hydrogens is 216 g/mol. The van der Waals surface area contributed by atoms with Crippen LogP contribution in [0.4, 0.5) is 0 Å². The molecule has 0 N–H and O–H groups in total. The van der Waals surface area contributed by atoms with Crippen molar-refractivity contribution >= 4 is 32.4 Å². The Hall–Kier alpha value is -0.190. The van der Waals surface area contributed by atoms with Crippen LogP contribution in [0.2, 0.25) is 0 Å². The van der Waals surface area contributed by atoms with Crippen molar-refractivity contribution in [3.05, 3.63) is 29.8 Å². The minimum absolute atomic E-state index is 0.150. The van der Waals surface area contributed by atoms with Crippen LogP contribution in [0.5, 0.6) is 0 Å². The van der Waals surface area contributed by atoms with Gasteiger partial charge in [0, 0.05) is 15.6 Å². The molecule has 0 fully saturated rings. The first-order chi connectivity index (χ1) is 5.47. The first-order valence-corrected chi connectivity index (χ1v) is 6.10. The molecule has 0 spiro atoms. The molecule has 0 heterocycles. The van der Waals surface area contributed by atoms with Gasteiger partial charge in [0.25, 0.3) is 0 Å². The minimum Gasteiger partial charge on any atom is -0.212 e. The van der Waals surface area contributed by atoms with Crippen molar-refractivity contribution in [1.29, 1.82) is 0 Å². The standard InChI is InChI=1S/C7H7ClO2S2/c8-12(9,10)5-6-2-1-3-7(11)4-6/h1-4,11H,5H2. The summed E-state index contributed by atoms with van der Waals surface area (Å²) in [4.78, 5) is 0.729. The van der Waals surface area contributed by atoms with Crippen LogP contribution in [-0.4, -0.2) is 8.42 Å². The van der Waals surface area contributed by atoms with Crippen molar-refractivity contribution in [2.75, 3.05) is 0 Å². The molecule has 5 heteroatoms. The zero-order valence-corrected chi connectivity index (χ0v) is 8.53. The minimum atomic E-state index is -3.46. The molecule has 0 amide bonds. The Balaban J connectivity index is 2.91. The maximum absolute atomic E-state index is 10.7. The highest BCUT2D eigenvalue weighted by Gasteiger charge is 2.06. The van der Waals surface area contributed by atoms with Gasteiger partial charge in [-0.15, -0.1) is 12.6 Å². The van der Waals surface area contributed by atoms with E-state index in [1.807, 2.05) is 0 Å².